The van der Waals surface area contributed by atoms with Crippen LogP contribution in [0.15, 0.2) is 24.3 Å². The fourth-order valence-corrected chi connectivity index (χ4v) is 3.06. The molecule has 0 bridgehead atoms. The van der Waals surface area contributed by atoms with E-state index in [1.54, 1.807) is 0 Å². The summed E-state index contributed by atoms with van der Waals surface area (Å²) in [6.45, 7) is 6.24. The largest absolute Gasteiger partial charge is 0.416 e. The van der Waals surface area contributed by atoms with Gasteiger partial charge < -0.3 is 15.5 Å². The third-order valence-corrected chi connectivity index (χ3v) is 4.44. The highest BCUT2D eigenvalue weighted by molar-refractivity contribution is 5.73. The Balaban J connectivity index is 1.60. The van der Waals surface area contributed by atoms with Gasteiger partial charge in [0.1, 0.15) is 0 Å². The molecule has 1 unspecified atom stereocenters. The fourth-order valence-electron chi connectivity index (χ4n) is 3.06. The van der Waals surface area contributed by atoms with Crippen LogP contribution in [0, 0.1) is 5.92 Å². The molecule has 1 aliphatic rings. The Kier molecular flexibility index (Phi) is 7.11. The summed E-state index contributed by atoms with van der Waals surface area (Å²) >= 11 is 0. The van der Waals surface area contributed by atoms with Crippen LogP contribution in [0.25, 0.3) is 0 Å². The molecular weight excluding hydrogens is 331 g/mol. The van der Waals surface area contributed by atoms with Gasteiger partial charge >= 0.3 is 12.2 Å². The van der Waals surface area contributed by atoms with Crippen LogP contribution in [0.4, 0.5) is 18.0 Å². The van der Waals surface area contributed by atoms with E-state index in [1.165, 1.54) is 25.0 Å². The predicted molar refractivity (Wildman–Crippen MR) is 91.4 cm³/mol. The number of urea groups is 1. The molecule has 7 heteroatoms. The SMILES string of the molecule is CC1CCCN(CCNC(=O)NCCc2ccc(C(F)(F)F)cc2)C1. The smallest absolute Gasteiger partial charge is 0.338 e. The van der Waals surface area contributed by atoms with Crippen LogP contribution in [0.3, 0.4) is 0 Å². The zero-order valence-corrected chi connectivity index (χ0v) is 14.5. The van der Waals surface area contributed by atoms with Crippen LogP contribution in [0.1, 0.15) is 30.9 Å². The minimum absolute atomic E-state index is 0.239. The van der Waals surface area contributed by atoms with Gasteiger partial charge in [-0.2, -0.15) is 13.2 Å². The highest BCUT2D eigenvalue weighted by atomic mass is 19.4. The minimum Gasteiger partial charge on any atom is -0.338 e. The normalized spacial score (nSPS) is 18.8. The summed E-state index contributed by atoms with van der Waals surface area (Å²) in [5, 5.41) is 5.55. The molecule has 0 spiro atoms. The van der Waals surface area contributed by atoms with E-state index in [9.17, 15) is 18.0 Å². The first-order valence-corrected chi connectivity index (χ1v) is 8.75. The summed E-state index contributed by atoms with van der Waals surface area (Å²) in [5.74, 6) is 0.714. The van der Waals surface area contributed by atoms with Crippen molar-refractivity contribution in [3.8, 4) is 0 Å². The third kappa shape index (κ3) is 6.94. The van der Waals surface area contributed by atoms with Crippen LogP contribution in [0.2, 0.25) is 0 Å². The lowest BCUT2D eigenvalue weighted by molar-refractivity contribution is -0.137. The van der Waals surface area contributed by atoms with Gasteiger partial charge in [-0.05, 0) is 49.4 Å². The van der Waals surface area contributed by atoms with E-state index < -0.39 is 11.7 Å². The molecule has 0 radical (unpaired) electrons. The monoisotopic (exact) mass is 357 g/mol. The predicted octanol–water partition coefficient (Wildman–Crippen LogP) is 3.28. The molecule has 0 aliphatic carbocycles. The van der Waals surface area contributed by atoms with Crippen LogP contribution in [0.5, 0.6) is 0 Å². The number of carbonyl (C=O) groups is 1. The Morgan fingerprint density at radius 1 is 1.20 bits per heavy atom. The standard InChI is InChI=1S/C18H26F3N3O/c1-14-3-2-11-24(13-14)12-10-23-17(25)22-9-8-15-4-6-16(7-5-15)18(19,20)21/h4-7,14H,2-3,8-13H2,1H3,(H2,22,23,25). The number of benzene rings is 1. The zero-order chi connectivity index (χ0) is 18.3. The lowest BCUT2D eigenvalue weighted by Crippen LogP contribution is -2.43. The summed E-state index contributed by atoms with van der Waals surface area (Å²) in [5.41, 5.74) is 0.101. The van der Waals surface area contributed by atoms with E-state index in [1.807, 2.05) is 0 Å². The van der Waals surface area contributed by atoms with Crippen molar-refractivity contribution in [2.75, 3.05) is 32.7 Å². The van der Waals surface area contributed by atoms with Gasteiger partial charge in [-0.15, -0.1) is 0 Å². The van der Waals surface area contributed by atoms with Crippen molar-refractivity contribution in [2.45, 2.75) is 32.4 Å². The maximum atomic E-state index is 12.5. The van der Waals surface area contributed by atoms with Crippen molar-refractivity contribution < 1.29 is 18.0 Å². The minimum atomic E-state index is -4.32. The summed E-state index contributed by atoms with van der Waals surface area (Å²) in [6.07, 6.45) is -1.34. The number of nitrogens with zero attached hydrogens (tertiary/aromatic N) is 1. The Labute approximate surface area is 146 Å². The average Bonchev–Trinajstić information content (AvgIpc) is 2.54. The molecule has 140 valence electrons. The van der Waals surface area contributed by atoms with Crippen LogP contribution >= 0.6 is 0 Å². The summed E-state index contributed by atoms with van der Waals surface area (Å²) < 4.78 is 37.4. The lowest BCUT2D eigenvalue weighted by Gasteiger charge is -2.30. The van der Waals surface area contributed by atoms with Gasteiger partial charge in [0.15, 0.2) is 0 Å². The average molecular weight is 357 g/mol. The number of likely N-dealkylation sites (tertiary alicyclic amines) is 1. The first kappa shape index (κ1) is 19.6. The quantitative estimate of drug-likeness (QED) is 0.821. The van der Waals surface area contributed by atoms with E-state index in [2.05, 4.69) is 22.5 Å². The van der Waals surface area contributed by atoms with Crippen LogP contribution < -0.4 is 10.6 Å². The number of piperidine rings is 1. The van der Waals surface area contributed by atoms with E-state index in [0.717, 1.165) is 37.3 Å². The van der Waals surface area contributed by atoms with Crippen molar-refractivity contribution in [2.24, 2.45) is 5.92 Å². The summed E-state index contributed by atoms with van der Waals surface area (Å²) in [7, 11) is 0. The summed E-state index contributed by atoms with van der Waals surface area (Å²) in [4.78, 5) is 14.1. The number of alkyl halides is 3. The van der Waals surface area contributed by atoms with Crippen LogP contribution in [-0.4, -0.2) is 43.7 Å². The molecule has 1 heterocycles. The van der Waals surface area contributed by atoms with E-state index in [4.69, 9.17) is 0 Å². The number of nitrogens with one attached hydrogen (secondary N) is 2. The molecule has 25 heavy (non-hydrogen) atoms. The van der Waals surface area contributed by atoms with Gasteiger partial charge in [0.25, 0.3) is 0 Å². The van der Waals surface area contributed by atoms with Crippen molar-refractivity contribution in [1.82, 2.24) is 15.5 Å². The first-order valence-electron chi connectivity index (χ1n) is 8.75. The van der Waals surface area contributed by atoms with Gasteiger partial charge in [0.05, 0.1) is 5.56 Å². The van der Waals surface area contributed by atoms with Crippen molar-refractivity contribution in [3.05, 3.63) is 35.4 Å². The molecule has 2 N–H and O–H groups in total. The summed E-state index contributed by atoms with van der Waals surface area (Å²) in [6, 6.07) is 4.78. The molecule has 0 aromatic heterocycles. The molecule has 4 nitrogen and oxygen atoms in total. The van der Waals surface area contributed by atoms with Gasteiger partial charge in [-0.25, -0.2) is 4.79 Å². The number of rotatable bonds is 6. The molecule has 1 saturated heterocycles. The van der Waals surface area contributed by atoms with E-state index in [0.29, 0.717) is 25.4 Å². The third-order valence-electron chi connectivity index (χ3n) is 4.44. The Hall–Kier alpha value is -1.76. The molecule has 2 rings (SSSR count). The molecule has 2 amide bonds. The van der Waals surface area contributed by atoms with Gasteiger partial charge in [-0.1, -0.05) is 19.1 Å². The molecule has 1 atom stereocenters. The number of amides is 2. The molecule has 1 aromatic carbocycles. The molecule has 1 aliphatic heterocycles. The Morgan fingerprint density at radius 3 is 2.52 bits per heavy atom. The van der Waals surface area contributed by atoms with Gasteiger partial charge in [0.2, 0.25) is 0 Å². The number of halogens is 3. The van der Waals surface area contributed by atoms with Crippen LogP contribution in [-0.2, 0) is 12.6 Å². The topological polar surface area (TPSA) is 44.4 Å². The Morgan fingerprint density at radius 2 is 1.88 bits per heavy atom. The lowest BCUT2D eigenvalue weighted by atomic mass is 10.0. The maximum absolute atomic E-state index is 12.5. The maximum Gasteiger partial charge on any atom is 0.416 e. The molecule has 1 fully saturated rings. The molecular formula is C18H26F3N3O. The fraction of sp³-hybridized carbons (Fsp3) is 0.611. The second kappa shape index (κ2) is 9.08. The molecule has 1 aromatic rings. The van der Waals surface area contributed by atoms with Crippen molar-refractivity contribution in [1.29, 1.82) is 0 Å². The van der Waals surface area contributed by atoms with E-state index in [-0.39, 0.29) is 6.03 Å². The number of hydrogen-bond acceptors (Lipinski definition) is 2. The van der Waals surface area contributed by atoms with Gasteiger partial charge in [-0.3, -0.25) is 0 Å². The second-order valence-electron chi connectivity index (χ2n) is 6.68. The van der Waals surface area contributed by atoms with Crippen molar-refractivity contribution >= 4 is 6.03 Å². The first-order chi connectivity index (χ1) is 11.8. The van der Waals surface area contributed by atoms with Crippen molar-refractivity contribution in [3.63, 3.8) is 0 Å². The second-order valence-corrected chi connectivity index (χ2v) is 6.68. The zero-order valence-electron chi connectivity index (χ0n) is 14.5. The number of carbonyl (C=O) groups excluding carboxylic acids is 1. The molecule has 0 saturated carbocycles. The highest BCUT2D eigenvalue weighted by Crippen LogP contribution is 2.29. The van der Waals surface area contributed by atoms with Gasteiger partial charge in [0, 0.05) is 26.2 Å². The number of hydrogen-bond donors (Lipinski definition) is 2. The van der Waals surface area contributed by atoms with E-state index >= 15 is 0 Å². The highest BCUT2D eigenvalue weighted by Gasteiger charge is 2.29. The Bertz CT molecular complexity index is 545.